The number of aryl methyl sites for hydroxylation is 1. The lowest BCUT2D eigenvalue weighted by Gasteiger charge is -2.37. The van der Waals surface area contributed by atoms with Crippen molar-refractivity contribution in [1.82, 2.24) is 14.2 Å². The molecule has 1 unspecified atom stereocenters. The van der Waals surface area contributed by atoms with Crippen molar-refractivity contribution in [3.05, 3.63) is 41.5 Å². The first-order valence-electron chi connectivity index (χ1n) is 10.6. The average Bonchev–Trinajstić information content (AvgIpc) is 3.24. The van der Waals surface area contributed by atoms with Gasteiger partial charge in [0.1, 0.15) is 4.90 Å². The lowest BCUT2D eigenvalue weighted by atomic mass is 9.79. The van der Waals surface area contributed by atoms with Crippen LogP contribution in [0.15, 0.2) is 23.2 Å². The first kappa shape index (κ1) is 24.9. The third-order valence-corrected chi connectivity index (χ3v) is 8.08. The second kappa shape index (κ2) is 8.45. The fourth-order valence-corrected chi connectivity index (χ4v) is 6.40. The van der Waals surface area contributed by atoms with Gasteiger partial charge in [0.15, 0.2) is 28.9 Å². The van der Waals surface area contributed by atoms with E-state index in [0.29, 0.717) is 18.6 Å². The van der Waals surface area contributed by atoms with Crippen molar-refractivity contribution in [2.24, 2.45) is 12.5 Å². The van der Waals surface area contributed by atoms with E-state index in [-0.39, 0.29) is 35.2 Å². The molecule has 4 rings (SSSR count). The highest BCUT2D eigenvalue weighted by atomic mass is 32.2. The summed E-state index contributed by atoms with van der Waals surface area (Å²) in [6.45, 7) is 3.27. The van der Waals surface area contributed by atoms with E-state index in [9.17, 15) is 36.3 Å². The summed E-state index contributed by atoms with van der Waals surface area (Å²) in [7, 11) is -2.88. The molecule has 14 heteroatoms. The van der Waals surface area contributed by atoms with Gasteiger partial charge in [0.05, 0.1) is 12.6 Å². The zero-order valence-corrected chi connectivity index (χ0v) is 19.7. The lowest BCUT2D eigenvalue weighted by molar-refractivity contribution is 0.0806. The van der Waals surface area contributed by atoms with Crippen molar-refractivity contribution in [3.63, 3.8) is 0 Å². The van der Waals surface area contributed by atoms with Crippen LogP contribution in [0.25, 0.3) is 0 Å². The molecule has 1 aromatic carbocycles. The topological polar surface area (TPSA) is 130 Å². The zero-order valence-electron chi connectivity index (χ0n) is 18.9. The molecule has 3 heterocycles. The highest BCUT2D eigenvalue weighted by Crippen LogP contribution is 2.43. The van der Waals surface area contributed by atoms with Crippen LogP contribution in [0, 0.1) is 22.9 Å². The maximum atomic E-state index is 13.6. The molecule has 0 aliphatic carbocycles. The predicted molar refractivity (Wildman–Crippen MR) is 116 cm³/mol. The van der Waals surface area contributed by atoms with Gasteiger partial charge in [0.25, 0.3) is 5.91 Å². The molecule has 0 spiro atoms. The number of nitrogens with zero attached hydrogens (tertiary/aromatic N) is 2. The molecule has 0 bridgehead atoms. The van der Waals surface area contributed by atoms with Crippen LogP contribution in [0.5, 0.6) is 5.75 Å². The van der Waals surface area contributed by atoms with Crippen LogP contribution in [0.2, 0.25) is 0 Å². The van der Waals surface area contributed by atoms with Gasteiger partial charge in [-0.2, -0.15) is 0 Å². The summed E-state index contributed by atoms with van der Waals surface area (Å²) >= 11 is 0. The molecule has 1 fully saturated rings. The van der Waals surface area contributed by atoms with E-state index in [0.717, 1.165) is 11.1 Å². The molecule has 0 saturated carbocycles. The fraction of sp³-hybridized carbons (Fsp3) is 0.429. The summed E-state index contributed by atoms with van der Waals surface area (Å²) in [6, 6.07) is -0.193. The molecule has 1 aromatic heterocycles. The lowest BCUT2D eigenvalue weighted by Crippen LogP contribution is -2.52. The molecular formula is C21H23F3N4O6S. The minimum Gasteiger partial charge on any atom is -0.489 e. The van der Waals surface area contributed by atoms with E-state index in [2.05, 4.69) is 10.0 Å². The van der Waals surface area contributed by atoms with E-state index < -0.39 is 57.0 Å². The van der Waals surface area contributed by atoms with E-state index in [4.69, 9.17) is 4.74 Å². The molecule has 190 valence electrons. The number of ether oxygens (including phenoxy) is 1. The highest BCUT2D eigenvalue weighted by molar-refractivity contribution is 7.89. The summed E-state index contributed by atoms with van der Waals surface area (Å²) in [5.74, 6) is -5.99. The van der Waals surface area contributed by atoms with Crippen LogP contribution in [0.3, 0.4) is 0 Å². The summed E-state index contributed by atoms with van der Waals surface area (Å²) in [4.78, 5) is 25.6. The summed E-state index contributed by atoms with van der Waals surface area (Å²) < 4.78 is 76.5. The van der Waals surface area contributed by atoms with Crippen molar-refractivity contribution < 1.29 is 41.0 Å². The number of carbonyl (C=O) groups is 2. The monoisotopic (exact) mass is 516 g/mol. The summed E-state index contributed by atoms with van der Waals surface area (Å²) in [5, 5.41) is 11.8. The van der Waals surface area contributed by atoms with Crippen molar-refractivity contribution >= 4 is 27.7 Å². The summed E-state index contributed by atoms with van der Waals surface area (Å²) in [6.07, 6.45) is 0.338. The molecular weight excluding hydrogens is 493 g/mol. The normalized spacial score (nSPS) is 25.1. The number of halogens is 3. The molecule has 10 nitrogen and oxygen atoms in total. The number of fused-ring (bicyclic) bond motifs is 2. The number of likely N-dealkylation sites (tertiary alicyclic amines) is 1. The number of hydrogen-bond donors (Lipinski definition) is 3. The van der Waals surface area contributed by atoms with Gasteiger partial charge in [-0.25, -0.2) is 31.1 Å². The Hall–Kier alpha value is -3.26. The maximum Gasteiger partial charge on any atom is 0.407 e. The van der Waals surface area contributed by atoms with Gasteiger partial charge in [-0.15, -0.1) is 0 Å². The molecule has 1 saturated heterocycles. The van der Waals surface area contributed by atoms with Crippen LogP contribution in [-0.2, 0) is 17.1 Å². The first-order chi connectivity index (χ1) is 16.3. The Bertz CT molecular complexity index is 1310. The molecule has 2 amide bonds. The number of carbonyl (C=O) groups excluding carboxylic acids is 1. The average molecular weight is 516 g/mol. The third-order valence-electron chi connectivity index (χ3n) is 6.62. The van der Waals surface area contributed by atoms with Crippen molar-refractivity contribution in [2.75, 3.05) is 18.5 Å². The van der Waals surface area contributed by atoms with Gasteiger partial charge >= 0.3 is 6.09 Å². The van der Waals surface area contributed by atoms with Gasteiger partial charge in [0, 0.05) is 49.1 Å². The largest absolute Gasteiger partial charge is 0.489 e. The maximum absolute atomic E-state index is 13.6. The molecule has 2 aliphatic heterocycles. The van der Waals surface area contributed by atoms with E-state index >= 15 is 0 Å². The Labute approximate surface area is 198 Å². The molecule has 2 aromatic rings. The van der Waals surface area contributed by atoms with Crippen molar-refractivity contribution in [2.45, 2.75) is 37.2 Å². The van der Waals surface area contributed by atoms with Gasteiger partial charge in [-0.3, -0.25) is 4.79 Å². The van der Waals surface area contributed by atoms with Crippen LogP contribution in [0.4, 0.5) is 23.7 Å². The Morgan fingerprint density at radius 2 is 1.91 bits per heavy atom. The Kier molecular flexibility index (Phi) is 6.00. The second-order valence-electron chi connectivity index (χ2n) is 8.82. The van der Waals surface area contributed by atoms with E-state index in [1.807, 2.05) is 0 Å². The SMILES string of the molecule is CCC1N(C(=O)O)C[C@H]2NS(=O)(=O)c3cn(C)c(C(=O)Nc4cc(F)c(F)c(F)c4)c3OC[C@@]12C. The number of sulfonamides is 1. The highest BCUT2D eigenvalue weighted by Gasteiger charge is 2.55. The molecule has 3 atom stereocenters. The summed E-state index contributed by atoms with van der Waals surface area (Å²) in [5.41, 5.74) is -1.62. The zero-order chi connectivity index (χ0) is 25.9. The van der Waals surface area contributed by atoms with E-state index in [1.54, 1.807) is 13.8 Å². The standard InChI is InChI=1S/C21H23F3N4O6S/c1-4-15-21(2)9-34-18-13(35(32,33)26-14(21)8-28(15)20(30)31)7-27(3)17(18)19(29)25-10-5-11(22)16(24)12(23)6-10/h5-7,14-15,26H,4,8-9H2,1-3H3,(H,25,29)(H,30,31)/t14-,15?,21-/m1/s1. The fourth-order valence-electron chi connectivity index (χ4n) is 4.85. The van der Waals surface area contributed by atoms with Crippen LogP contribution in [0.1, 0.15) is 30.8 Å². The third kappa shape index (κ3) is 3.99. The van der Waals surface area contributed by atoms with E-state index in [1.165, 1.54) is 11.6 Å². The quantitative estimate of drug-likeness (QED) is 0.538. The Morgan fingerprint density at radius 3 is 2.49 bits per heavy atom. The Balaban J connectivity index is 1.74. The van der Waals surface area contributed by atoms with Gasteiger partial charge < -0.3 is 24.6 Å². The number of aromatic nitrogens is 1. The van der Waals surface area contributed by atoms with Crippen LogP contribution < -0.4 is 14.8 Å². The number of rotatable bonds is 3. The molecule has 3 N–H and O–H groups in total. The number of benzene rings is 1. The minimum atomic E-state index is -4.27. The van der Waals surface area contributed by atoms with Crippen molar-refractivity contribution in [1.29, 1.82) is 0 Å². The number of hydrogen-bond acceptors (Lipinski definition) is 5. The van der Waals surface area contributed by atoms with Crippen LogP contribution >= 0.6 is 0 Å². The Morgan fingerprint density at radius 1 is 1.29 bits per heavy atom. The van der Waals surface area contributed by atoms with Gasteiger partial charge in [-0.1, -0.05) is 13.8 Å². The van der Waals surface area contributed by atoms with Gasteiger partial charge in [0.2, 0.25) is 10.0 Å². The second-order valence-corrected chi connectivity index (χ2v) is 10.5. The first-order valence-corrected chi connectivity index (χ1v) is 12.1. The minimum absolute atomic E-state index is 0.0792. The number of nitrogens with one attached hydrogen (secondary N) is 2. The number of anilines is 1. The number of carboxylic acid groups (broad SMARTS) is 1. The van der Waals surface area contributed by atoms with Gasteiger partial charge in [-0.05, 0) is 6.42 Å². The van der Waals surface area contributed by atoms with Crippen molar-refractivity contribution in [3.8, 4) is 5.75 Å². The number of amides is 2. The molecule has 35 heavy (non-hydrogen) atoms. The molecule has 2 aliphatic rings. The smallest absolute Gasteiger partial charge is 0.407 e. The molecule has 0 radical (unpaired) electrons. The predicted octanol–water partition coefficient (Wildman–Crippen LogP) is 2.51. The van der Waals surface area contributed by atoms with Crippen LogP contribution in [-0.4, -0.2) is 60.2 Å².